The van der Waals surface area contributed by atoms with Crippen LogP contribution in [0.4, 0.5) is 13.2 Å². The largest absolute Gasteiger partial charge is 0.461 e. The summed E-state index contributed by atoms with van der Waals surface area (Å²) in [6, 6.07) is 6.27. The zero-order valence-electron chi connectivity index (χ0n) is 7.76. The van der Waals surface area contributed by atoms with E-state index in [1.807, 2.05) is 6.92 Å². The highest BCUT2D eigenvalue weighted by molar-refractivity contribution is 7.98. The Morgan fingerprint density at radius 2 is 1.80 bits per heavy atom. The van der Waals surface area contributed by atoms with Gasteiger partial charge in [0.15, 0.2) is 0 Å². The molecule has 0 unspecified atom stereocenters. The molecule has 0 aliphatic carbocycles. The molecular weight excluding hydrogens is 227 g/mol. The fourth-order valence-corrected chi connectivity index (χ4v) is 1.19. The summed E-state index contributed by atoms with van der Waals surface area (Å²) < 4.78 is 36.9. The number of amides is 1. The Labute approximate surface area is 89.0 Å². The second-order valence-electron chi connectivity index (χ2n) is 2.85. The third kappa shape index (κ3) is 4.24. The predicted molar refractivity (Wildman–Crippen MR) is 52.3 cm³/mol. The SMILES string of the molecule is Cc1ccc(C(=O)NSC(F)(F)F)cc1. The van der Waals surface area contributed by atoms with Gasteiger partial charge < -0.3 is 0 Å². The molecule has 82 valence electrons. The molecule has 6 heteroatoms. The lowest BCUT2D eigenvalue weighted by Crippen LogP contribution is -2.20. The third-order valence-corrected chi connectivity index (χ3v) is 2.09. The average Bonchev–Trinajstić information content (AvgIpc) is 2.14. The quantitative estimate of drug-likeness (QED) is 0.798. The molecule has 0 aliphatic rings. The molecule has 0 radical (unpaired) electrons. The maximum atomic E-state index is 11.7. The molecule has 0 atom stereocenters. The molecule has 1 aromatic carbocycles. The van der Waals surface area contributed by atoms with Crippen LogP contribution in [0.15, 0.2) is 24.3 Å². The third-order valence-electron chi connectivity index (χ3n) is 1.57. The summed E-state index contributed by atoms with van der Waals surface area (Å²) in [5.41, 5.74) is -3.31. The first kappa shape index (κ1) is 11.9. The Hall–Kier alpha value is -1.17. The van der Waals surface area contributed by atoms with Gasteiger partial charge >= 0.3 is 5.51 Å². The molecule has 0 aromatic heterocycles. The molecule has 1 rings (SSSR count). The van der Waals surface area contributed by atoms with Crippen LogP contribution >= 0.6 is 11.9 Å². The van der Waals surface area contributed by atoms with E-state index >= 15 is 0 Å². The molecule has 1 amide bonds. The van der Waals surface area contributed by atoms with Crippen LogP contribution in [0.2, 0.25) is 0 Å². The molecular formula is C9H8F3NOS. The van der Waals surface area contributed by atoms with Crippen molar-refractivity contribution in [2.75, 3.05) is 0 Å². The minimum absolute atomic E-state index is 0.206. The molecule has 15 heavy (non-hydrogen) atoms. The van der Waals surface area contributed by atoms with Crippen LogP contribution in [-0.4, -0.2) is 11.4 Å². The lowest BCUT2D eigenvalue weighted by atomic mass is 10.1. The van der Waals surface area contributed by atoms with E-state index < -0.39 is 23.4 Å². The van der Waals surface area contributed by atoms with Crippen molar-refractivity contribution in [3.63, 3.8) is 0 Å². The summed E-state index contributed by atoms with van der Waals surface area (Å²) in [4.78, 5) is 11.2. The van der Waals surface area contributed by atoms with Crippen molar-refractivity contribution in [1.82, 2.24) is 4.72 Å². The highest BCUT2D eigenvalue weighted by atomic mass is 32.2. The average molecular weight is 235 g/mol. The standard InChI is InChI=1S/C9H8F3NOS/c1-6-2-4-7(5-3-6)8(14)13-15-9(10,11)12/h2-5H,1H3,(H,13,14). The van der Waals surface area contributed by atoms with Gasteiger partial charge in [0.25, 0.3) is 5.91 Å². The maximum absolute atomic E-state index is 11.7. The van der Waals surface area contributed by atoms with E-state index in [9.17, 15) is 18.0 Å². The van der Waals surface area contributed by atoms with Crippen molar-refractivity contribution in [3.05, 3.63) is 35.4 Å². The second-order valence-corrected chi connectivity index (χ2v) is 3.72. The Morgan fingerprint density at radius 3 is 2.27 bits per heavy atom. The lowest BCUT2D eigenvalue weighted by Gasteiger charge is -2.06. The highest BCUT2D eigenvalue weighted by Gasteiger charge is 2.30. The van der Waals surface area contributed by atoms with Gasteiger partial charge in [-0.1, -0.05) is 17.7 Å². The first-order valence-corrected chi connectivity index (χ1v) is 4.82. The van der Waals surface area contributed by atoms with Crippen molar-refractivity contribution in [2.45, 2.75) is 12.4 Å². The van der Waals surface area contributed by atoms with Crippen LogP contribution in [0.25, 0.3) is 0 Å². The number of carbonyl (C=O) groups excluding carboxylic acids is 1. The summed E-state index contributed by atoms with van der Waals surface area (Å²) in [7, 11) is 0. The number of hydrogen-bond acceptors (Lipinski definition) is 2. The Balaban J connectivity index is 2.58. The molecule has 0 bridgehead atoms. The van der Waals surface area contributed by atoms with Gasteiger partial charge in [0.1, 0.15) is 0 Å². The van der Waals surface area contributed by atoms with E-state index in [2.05, 4.69) is 0 Å². The molecule has 0 spiro atoms. The fraction of sp³-hybridized carbons (Fsp3) is 0.222. The van der Waals surface area contributed by atoms with Gasteiger partial charge in [-0.3, -0.25) is 9.52 Å². The van der Waals surface area contributed by atoms with Crippen molar-refractivity contribution < 1.29 is 18.0 Å². The van der Waals surface area contributed by atoms with Crippen LogP contribution in [0.5, 0.6) is 0 Å². The van der Waals surface area contributed by atoms with Crippen LogP contribution in [-0.2, 0) is 0 Å². The van der Waals surface area contributed by atoms with Crippen LogP contribution < -0.4 is 4.72 Å². The first-order valence-electron chi connectivity index (χ1n) is 4.00. The lowest BCUT2D eigenvalue weighted by molar-refractivity contribution is -0.0335. The van der Waals surface area contributed by atoms with Crippen LogP contribution in [0.3, 0.4) is 0 Å². The molecule has 1 N–H and O–H groups in total. The van der Waals surface area contributed by atoms with E-state index in [1.165, 1.54) is 12.1 Å². The van der Waals surface area contributed by atoms with Gasteiger partial charge in [-0.05, 0) is 19.1 Å². The van der Waals surface area contributed by atoms with E-state index in [1.54, 1.807) is 16.9 Å². The normalized spacial score (nSPS) is 11.2. The van der Waals surface area contributed by atoms with Crippen molar-refractivity contribution in [1.29, 1.82) is 0 Å². The summed E-state index contributed by atoms with van der Waals surface area (Å²) >= 11 is -0.559. The number of hydrogen-bond donors (Lipinski definition) is 1. The molecule has 0 fully saturated rings. The van der Waals surface area contributed by atoms with Gasteiger partial charge in [-0.15, -0.1) is 0 Å². The summed E-state index contributed by atoms with van der Waals surface area (Å²) in [5.74, 6) is -0.752. The van der Waals surface area contributed by atoms with Gasteiger partial charge in [0.05, 0.1) is 11.9 Å². The number of alkyl halides is 3. The second kappa shape index (κ2) is 4.57. The molecule has 0 heterocycles. The smallest absolute Gasteiger partial charge is 0.289 e. The van der Waals surface area contributed by atoms with Gasteiger partial charge in [-0.25, -0.2) is 0 Å². The topological polar surface area (TPSA) is 29.1 Å². The minimum Gasteiger partial charge on any atom is -0.289 e. The van der Waals surface area contributed by atoms with Crippen molar-refractivity contribution in [3.8, 4) is 0 Å². The maximum Gasteiger partial charge on any atom is 0.461 e. The van der Waals surface area contributed by atoms with Crippen molar-refractivity contribution in [2.24, 2.45) is 0 Å². The summed E-state index contributed by atoms with van der Waals surface area (Å²) in [6.07, 6.45) is 0. The minimum atomic E-state index is -4.46. The van der Waals surface area contributed by atoms with E-state index in [0.717, 1.165) is 5.56 Å². The van der Waals surface area contributed by atoms with E-state index in [-0.39, 0.29) is 5.56 Å². The van der Waals surface area contributed by atoms with Crippen LogP contribution in [0.1, 0.15) is 15.9 Å². The number of halogens is 3. The number of benzene rings is 1. The summed E-state index contributed by atoms with van der Waals surface area (Å²) in [6.45, 7) is 1.83. The van der Waals surface area contributed by atoms with E-state index in [4.69, 9.17) is 0 Å². The van der Waals surface area contributed by atoms with Crippen molar-refractivity contribution >= 4 is 17.9 Å². The van der Waals surface area contributed by atoms with Gasteiger partial charge in [-0.2, -0.15) is 13.2 Å². The number of carbonyl (C=O) groups is 1. The van der Waals surface area contributed by atoms with Crippen LogP contribution in [0, 0.1) is 6.92 Å². The first-order chi connectivity index (χ1) is 6.88. The molecule has 0 aliphatic heterocycles. The van der Waals surface area contributed by atoms with Gasteiger partial charge in [0.2, 0.25) is 0 Å². The number of rotatable bonds is 2. The molecule has 2 nitrogen and oxygen atoms in total. The Bertz CT molecular complexity index is 347. The molecule has 0 saturated heterocycles. The van der Waals surface area contributed by atoms with Gasteiger partial charge in [0, 0.05) is 5.56 Å². The highest BCUT2D eigenvalue weighted by Crippen LogP contribution is 2.27. The van der Waals surface area contributed by atoms with E-state index in [0.29, 0.717) is 0 Å². The Kier molecular flexibility index (Phi) is 3.62. The molecule has 0 saturated carbocycles. The predicted octanol–water partition coefficient (Wildman–Crippen LogP) is 2.89. The number of nitrogens with one attached hydrogen (secondary N) is 1. The summed E-state index contributed by atoms with van der Waals surface area (Å²) in [5, 5.41) is 0. The fourth-order valence-electron chi connectivity index (χ4n) is 0.868. The zero-order valence-corrected chi connectivity index (χ0v) is 8.58. The Morgan fingerprint density at radius 1 is 1.27 bits per heavy atom. The zero-order chi connectivity index (χ0) is 11.5. The number of aryl methyl sites for hydroxylation is 1. The molecule has 1 aromatic rings. The monoisotopic (exact) mass is 235 g/mol.